The summed E-state index contributed by atoms with van der Waals surface area (Å²) in [4.78, 5) is 30.0. The Morgan fingerprint density at radius 1 is 0.684 bits per heavy atom. The maximum Gasteiger partial charge on any atom is 0.224 e. The molecule has 5 aromatic carbocycles. The first-order valence-electron chi connectivity index (χ1n) is 20.0. The van der Waals surface area contributed by atoms with E-state index in [1.807, 2.05) is 36.4 Å². The van der Waals surface area contributed by atoms with E-state index in [4.69, 9.17) is 15.2 Å². The fraction of sp³-hybridized carbons (Fsp3) is 0.319. The van der Waals surface area contributed by atoms with E-state index < -0.39 is 6.29 Å². The predicted molar refractivity (Wildman–Crippen MR) is 224 cm³/mol. The number of nitrogens with two attached hydrogens (primary N) is 1. The molecule has 2 aliphatic rings. The van der Waals surface area contributed by atoms with Gasteiger partial charge in [-0.3, -0.25) is 19.4 Å². The highest BCUT2D eigenvalue weighted by Crippen LogP contribution is 2.39. The van der Waals surface area contributed by atoms with E-state index in [9.17, 15) is 14.7 Å². The summed E-state index contributed by atoms with van der Waals surface area (Å²) in [5.41, 5.74) is 14.3. The Labute approximate surface area is 335 Å². The van der Waals surface area contributed by atoms with E-state index in [1.54, 1.807) is 12.1 Å². The third kappa shape index (κ3) is 11.4. The van der Waals surface area contributed by atoms with Crippen LogP contribution in [0.15, 0.2) is 127 Å². The van der Waals surface area contributed by atoms with Crippen LogP contribution in [0, 0.1) is 0 Å². The van der Waals surface area contributed by atoms with Crippen molar-refractivity contribution in [2.24, 2.45) is 0 Å². The van der Waals surface area contributed by atoms with E-state index in [1.165, 1.54) is 5.56 Å². The number of para-hydroxylation sites is 2. The highest BCUT2D eigenvalue weighted by molar-refractivity contribution is 5.94. The van der Waals surface area contributed by atoms with Gasteiger partial charge in [-0.15, -0.1) is 0 Å². The van der Waals surface area contributed by atoms with Crippen molar-refractivity contribution in [2.45, 2.75) is 63.9 Å². The maximum absolute atomic E-state index is 12.6. The van der Waals surface area contributed by atoms with Crippen molar-refractivity contribution in [3.63, 3.8) is 0 Å². The molecule has 10 heteroatoms. The van der Waals surface area contributed by atoms with Crippen molar-refractivity contribution in [1.82, 2.24) is 15.1 Å². The molecular formula is C47H53N5O5. The first-order valence-corrected chi connectivity index (χ1v) is 20.0. The molecule has 296 valence electrons. The number of carbonyl (C=O) groups is 2. The van der Waals surface area contributed by atoms with E-state index in [2.05, 4.69) is 99.3 Å². The minimum absolute atomic E-state index is 0.00823. The lowest BCUT2D eigenvalue weighted by Gasteiger charge is -2.40. The average molecular weight is 768 g/mol. The third-order valence-corrected chi connectivity index (χ3v) is 10.8. The van der Waals surface area contributed by atoms with Gasteiger partial charge in [0.05, 0.1) is 30.2 Å². The standard InChI is InChI=1S/C47H53N5O5/c48-42-12-4-5-13-43(42)50-46(55)15-7-14-45(54)49-30-36-10-6-11-40(28-36)37-20-22-39(23-21-37)47-56-41(29-44(57-47)38-18-16-35(33-53)17-19-38)32-52-26-24-51(25-27-52)31-34-8-2-1-3-9-34/h1-6,8-13,16-23,28,41,44,47,53H,7,14-15,24-27,29-33,48H2,(H,49,54)(H,50,55)/t41-,44+,47+/m0/s1. The molecule has 2 saturated heterocycles. The van der Waals surface area contributed by atoms with Crippen LogP contribution in [0.4, 0.5) is 11.4 Å². The summed E-state index contributed by atoms with van der Waals surface area (Å²) in [5, 5.41) is 15.4. The summed E-state index contributed by atoms with van der Waals surface area (Å²) in [7, 11) is 0. The number of aliphatic hydroxyl groups is 1. The summed E-state index contributed by atoms with van der Waals surface area (Å²) in [5.74, 6) is -0.270. The van der Waals surface area contributed by atoms with Gasteiger partial charge in [0.2, 0.25) is 11.8 Å². The van der Waals surface area contributed by atoms with Crippen molar-refractivity contribution < 1.29 is 24.2 Å². The number of rotatable bonds is 15. The van der Waals surface area contributed by atoms with Gasteiger partial charge in [-0.2, -0.15) is 0 Å². The summed E-state index contributed by atoms with van der Waals surface area (Å²) in [6.07, 6.45) is 1.00. The summed E-state index contributed by atoms with van der Waals surface area (Å²) < 4.78 is 13.3. The van der Waals surface area contributed by atoms with Crippen LogP contribution in [0.25, 0.3) is 11.1 Å². The fourth-order valence-corrected chi connectivity index (χ4v) is 7.51. The minimum atomic E-state index is -0.524. The molecule has 7 rings (SSSR count). The number of aliphatic hydroxyl groups excluding tert-OH is 1. The van der Waals surface area contributed by atoms with E-state index in [-0.39, 0.29) is 43.5 Å². The predicted octanol–water partition coefficient (Wildman–Crippen LogP) is 7.22. The molecule has 2 heterocycles. The molecule has 0 aromatic heterocycles. The quantitative estimate of drug-likeness (QED) is 0.0823. The normalized spacial score (nSPS) is 18.9. The molecule has 57 heavy (non-hydrogen) atoms. The second-order valence-corrected chi connectivity index (χ2v) is 15.0. The van der Waals surface area contributed by atoms with Gasteiger partial charge >= 0.3 is 0 Å². The monoisotopic (exact) mass is 767 g/mol. The number of amides is 2. The van der Waals surface area contributed by atoms with Crippen molar-refractivity contribution in [1.29, 1.82) is 0 Å². The number of anilines is 2. The Hall–Kier alpha value is -5.36. The molecule has 2 aliphatic heterocycles. The molecule has 2 amide bonds. The SMILES string of the molecule is Nc1ccccc1NC(=O)CCCC(=O)NCc1cccc(-c2ccc([C@@H]3O[C@H](CN4CCN(Cc5ccccc5)CC4)C[C@H](c4ccc(CO)cc4)O3)cc2)c1. The number of piperazine rings is 1. The smallest absolute Gasteiger partial charge is 0.224 e. The highest BCUT2D eigenvalue weighted by atomic mass is 16.7. The molecule has 3 atom stereocenters. The van der Waals surface area contributed by atoms with Crippen molar-refractivity contribution in [3.8, 4) is 11.1 Å². The zero-order valence-electron chi connectivity index (χ0n) is 32.4. The maximum atomic E-state index is 12.6. The van der Waals surface area contributed by atoms with E-state index >= 15 is 0 Å². The molecule has 5 aromatic rings. The van der Waals surface area contributed by atoms with Crippen LogP contribution < -0.4 is 16.4 Å². The number of ether oxygens (including phenoxy) is 2. The first kappa shape index (κ1) is 39.9. The Morgan fingerprint density at radius 3 is 2.12 bits per heavy atom. The first-order chi connectivity index (χ1) is 27.9. The fourth-order valence-electron chi connectivity index (χ4n) is 7.51. The zero-order chi connectivity index (χ0) is 39.4. The van der Waals surface area contributed by atoms with Crippen LogP contribution in [-0.4, -0.2) is 65.5 Å². The van der Waals surface area contributed by atoms with Crippen LogP contribution in [-0.2, 0) is 38.8 Å². The molecule has 0 aliphatic carbocycles. The minimum Gasteiger partial charge on any atom is -0.397 e. The van der Waals surface area contributed by atoms with Crippen molar-refractivity contribution in [2.75, 3.05) is 43.8 Å². The van der Waals surface area contributed by atoms with Crippen LogP contribution >= 0.6 is 0 Å². The molecule has 0 unspecified atom stereocenters. The molecule has 5 N–H and O–H groups in total. The molecular weight excluding hydrogens is 715 g/mol. The van der Waals surface area contributed by atoms with Gasteiger partial charge in [-0.05, 0) is 58.0 Å². The van der Waals surface area contributed by atoms with Crippen molar-refractivity contribution >= 4 is 23.2 Å². The molecule has 0 bridgehead atoms. The van der Waals surface area contributed by atoms with Crippen LogP contribution in [0.2, 0.25) is 0 Å². The van der Waals surface area contributed by atoms with E-state index in [0.29, 0.717) is 24.3 Å². The number of carbonyl (C=O) groups excluding carboxylic acids is 2. The second-order valence-electron chi connectivity index (χ2n) is 15.0. The van der Waals surface area contributed by atoms with Gasteiger partial charge in [0.15, 0.2) is 6.29 Å². The number of hydrogen-bond donors (Lipinski definition) is 4. The molecule has 10 nitrogen and oxygen atoms in total. The lowest BCUT2D eigenvalue weighted by Crippen LogP contribution is -2.49. The average Bonchev–Trinajstić information content (AvgIpc) is 3.25. The number of nitrogens with one attached hydrogen (secondary N) is 2. The van der Waals surface area contributed by atoms with Crippen LogP contribution in [0.5, 0.6) is 0 Å². The topological polar surface area (TPSA) is 129 Å². The van der Waals surface area contributed by atoms with Gasteiger partial charge < -0.3 is 30.9 Å². The summed E-state index contributed by atoms with van der Waals surface area (Å²) in [6, 6.07) is 42.3. The summed E-state index contributed by atoms with van der Waals surface area (Å²) >= 11 is 0. The largest absolute Gasteiger partial charge is 0.397 e. The van der Waals surface area contributed by atoms with Gasteiger partial charge in [-0.1, -0.05) is 109 Å². The number of nitrogen functional groups attached to an aromatic ring is 1. The van der Waals surface area contributed by atoms with E-state index in [0.717, 1.165) is 79.1 Å². The molecule has 0 spiro atoms. The lowest BCUT2D eigenvalue weighted by atomic mass is 9.98. The lowest BCUT2D eigenvalue weighted by molar-refractivity contribution is -0.253. The van der Waals surface area contributed by atoms with Gasteiger partial charge in [0.25, 0.3) is 0 Å². The number of hydrogen-bond acceptors (Lipinski definition) is 8. The Morgan fingerprint density at radius 2 is 1.37 bits per heavy atom. The van der Waals surface area contributed by atoms with Gasteiger partial charge in [-0.25, -0.2) is 0 Å². The summed E-state index contributed by atoms with van der Waals surface area (Å²) in [6.45, 7) is 6.25. The molecule has 2 fully saturated rings. The third-order valence-electron chi connectivity index (χ3n) is 10.8. The zero-order valence-corrected chi connectivity index (χ0v) is 32.4. The van der Waals surface area contributed by atoms with Crippen molar-refractivity contribution in [3.05, 3.63) is 155 Å². The molecule has 0 radical (unpaired) electrons. The van der Waals surface area contributed by atoms with Crippen LogP contribution in [0.1, 0.15) is 65.9 Å². The Balaban J connectivity index is 0.934. The Bertz CT molecular complexity index is 2050. The second kappa shape index (κ2) is 19.7. The number of nitrogens with zero attached hydrogens (tertiary/aromatic N) is 2. The number of benzene rings is 5. The highest BCUT2D eigenvalue weighted by Gasteiger charge is 2.34. The van der Waals surface area contributed by atoms with Crippen LogP contribution in [0.3, 0.4) is 0 Å². The molecule has 0 saturated carbocycles. The Kier molecular flexibility index (Phi) is 13.8. The van der Waals surface area contributed by atoms with Gasteiger partial charge in [0.1, 0.15) is 0 Å². The van der Waals surface area contributed by atoms with Gasteiger partial charge in [0, 0.05) is 70.6 Å².